The molecule has 3 N–H and O–H groups in total. The molecule has 1 saturated carbocycles. The second kappa shape index (κ2) is 13.3. The van der Waals surface area contributed by atoms with Gasteiger partial charge in [-0.05, 0) is 78.2 Å². The highest BCUT2D eigenvalue weighted by atomic mass is 35.5. The number of benzene rings is 1. The van der Waals surface area contributed by atoms with Crippen LogP contribution >= 0.6 is 11.6 Å². The molecule has 0 bridgehead atoms. The first kappa shape index (κ1) is 28.5. The van der Waals surface area contributed by atoms with Gasteiger partial charge in [-0.1, -0.05) is 11.6 Å². The van der Waals surface area contributed by atoms with Crippen LogP contribution in [-0.2, 0) is 11.3 Å². The molecule has 0 aliphatic heterocycles. The molecule has 194 valence electrons. The van der Waals surface area contributed by atoms with Gasteiger partial charge in [-0.25, -0.2) is 0 Å². The summed E-state index contributed by atoms with van der Waals surface area (Å²) < 4.78 is 5.28. The maximum absolute atomic E-state index is 13.1. The molecule has 9 nitrogen and oxygen atoms in total. The van der Waals surface area contributed by atoms with Crippen molar-refractivity contribution in [1.82, 2.24) is 20.4 Å². The summed E-state index contributed by atoms with van der Waals surface area (Å²) >= 11 is 6.50. The van der Waals surface area contributed by atoms with Crippen LogP contribution in [0, 0.1) is 13.8 Å². The van der Waals surface area contributed by atoms with E-state index < -0.39 is 0 Å². The van der Waals surface area contributed by atoms with Gasteiger partial charge in [0.25, 0.3) is 12.4 Å². The van der Waals surface area contributed by atoms with Gasteiger partial charge in [-0.2, -0.15) is 0 Å². The van der Waals surface area contributed by atoms with Gasteiger partial charge in [0.15, 0.2) is 0 Å². The molecule has 3 rings (SSSR count). The predicted octanol–water partition coefficient (Wildman–Crippen LogP) is 4.02. The topological polar surface area (TPSA) is 111 Å². The van der Waals surface area contributed by atoms with Crippen LogP contribution in [-0.4, -0.2) is 72.4 Å². The number of nitrogens with zero attached hydrogens (tertiary/aromatic N) is 3. The van der Waals surface area contributed by atoms with E-state index in [0.29, 0.717) is 35.1 Å². The molecule has 1 aromatic carbocycles. The SMILES string of the molecule is CCN(c1cc(Cl)cc(C(=O)NCc2c(OC)n[nH]c2C)c1C)[C@H]1CC[C@H](N(C)C)CC1.O=CO. The molecule has 2 aromatic rings. The van der Waals surface area contributed by atoms with Gasteiger partial charge in [0.1, 0.15) is 0 Å². The summed E-state index contributed by atoms with van der Waals surface area (Å²) in [7, 11) is 5.89. The summed E-state index contributed by atoms with van der Waals surface area (Å²) in [6.45, 7) is 7.05. The molecular formula is C25H38ClN5O4. The summed E-state index contributed by atoms with van der Waals surface area (Å²) in [6.07, 6.45) is 4.66. The zero-order valence-electron chi connectivity index (χ0n) is 21.5. The van der Waals surface area contributed by atoms with Crippen molar-refractivity contribution < 1.29 is 19.4 Å². The lowest BCUT2D eigenvalue weighted by atomic mass is 9.89. The van der Waals surface area contributed by atoms with Crippen LogP contribution in [0.15, 0.2) is 12.1 Å². The number of H-pyrrole nitrogens is 1. The molecule has 0 saturated heterocycles. The summed E-state index contributed by atoms with van der Waals surface area (Å²) in [6, 6.07) is 4.86. The number of nitrogens with one attached hydrogen (secondary N) is 2. The third-order valence-corrected chi connectivity index (χ3v) is 6.95. The lowest BCUT2D eigenvalue weighted by Gasteiger charge is -2.40. The number of rotatable bonds is 8. The fraction of sp³-hybridized carbons (Fsp3) is 0.560. The number of aryl methyl sites for hydroxylation is 1. The van der Waals surface area contributed by atoms with Gasteiger partial charge in [-0.3, -0.25) is 14.7 Å². The van der Waals surface area contributed by atoms with Crippen LogP contribution in [0.3, 0.4) is 0 Å². The highest BCUT2D eigenvalue weighted by Gasteiger charge is 2.28. The molecule has 0 radical (unpaired) electrons. The predicted molar refractivity (Wildman–Crippen MR) is 139 cm³/mol. The summed E-state index contributed by atoms with van der Waals surface area (Å²) in [5.41, 5.74) is 4.33. The van der Waals surface area contributed by atoms with E-state index >= 15 is 0 Å². The largest absolute Gasteiger partial charge is 0.483 e. The third-order valence-electron chi connectivity index (χ3n) is 6.73. The number of carboxylic acid groups (broad SMARTS) is 1. The van der Waals surface area contributed by atoms with Crippen molar-refractivity contribution >= 4 is 29.7 Å². The molecule has 1 aromatic heterocycles. The van der Waals surface area contributed by atoms with Crippen molar-refractivity contribution in [2.24, 2.45) is 0 Å². The molecule has 1 aliphatic rings. The second-order valence-corrected chi connectivity index (χ2v) is 9.37. The Morgan fingerprint density at radius 2 is 1.86 bits per heavy atom. The highest BCUT2D eigenvalue weighted by molar-refractivity contribution is 6.31. The number of hydrogen-bond donors (Lipinski definition) is 3. The first-order valence-corrected chi connectivity index (χ1v) is 12.2. The number of methoxy groups -OCH3 is 1. The molecule has 0 unspecified atom stereocenters. The lowest BCUT2D eigenvalue weighted by Crippen LogP contribution is -2.42. The van der Waals surface area contributed by atoms with Crippen molar-refractivity contribution in [2.45, 2.75) is 65.1 Å². The second-order valence-electron chi connectivity index (χ2n) is 8.93. The molecular weight excluding hydrogens is 470 g/mol. The zero-order valence-corrected chi connectivity index (χ0v) is 22.3. The van der Waals surface area contributed by atoms with Crippen LogP contribution in [0.1, 0.15) is 59.8 Å². The number of hydrogen-bond acceptors (Lipinski definition) is 6. The van der Waals surface area contributed by atoms with Gasteiger partial charge < -0.3 is 25.0 Å². The van der Waals surface area contributed by atoms with E-state index in [9.17, 15) is 4.79 Å². The molecule has 1 fully saturated rings. The van der Waals surface area contributed by atoms with Gasteiger partial charge in [-0.15, -0.1) is 5.10 Å². The minimum atomic E-state index is -0.250. The van der Waals surface area contributed by atoms with Crippen molar-refractivity contribution in [1.29, 1.82) is 0 Å². The Morgan fingerprint density at radius 1 is 1.26 bits per heavy atom. The van der Waals surface area contributed by atoms with Crippen LogP contribution in [0.5, 0.6) is 5.88 Å². The number of carbonyl (C=O) groups excluding carboxylic acids is 1. The molecule has 35 heavy (non-hydrogen) atoms. The van der Waals surface area contributed by atoms with Crippen LogP contribution in [0.25, 0.3) is 0 Å². The Labute approximate surface area is 212 Å². The minimum Gasteiger partial charge on any atom is -0.483 e. The molecule has 1 amide bonds. The van der Waals surface area contributed by atoms with E-state index in [1.165, 1.54) is 12.8 Å². The molecule has 1 heterocycles. The summed E-state index contributed by atoms with van der Waals surface area (Å²) in [5.74, 6) is 0.345. The van der Waals surface area contributed by atoms with Crippen molar-refractivity contribution in [2.75, 3.05) is 32.6 Å². The normalized spacial score (nSPS) is 17.4. The quantitative estimate of drug-likeness (QED) is 0.463. The number of halogens is 1. The third kappa shape index (κ3) is 7.11. The van der Waals surface area contributed by atoms with E-state index in [4.69, 9.17) is 26.2 Å². The molecule has 10 heteroatoms. The van der Waals surface area contributed by atoms with E-state index in [0.717, 1.165) is 41.9 Å². The average molecular weight is 508 g/mol. The number of aromatic amines is 1. The van der Waals surface area contributed by atoms with Gasteiger partial charge in [0.2, 0.25) is 5.88 Å². The Morgan fingerprint density at radius 3 is 2.40 bits per heavy atom. The number of anilines is 1. The molecule has 1 aliphatic carbocycles. The maximum Gasteiger partial charge on any atom is 0.290 e. The van der Waals surface area contributed by atoms with E-state index in [1.54, 1.807) is 13.2 Å². The molecule has 0 atom stereocenters. The average Bonchev–Trinajstić information content (AvgIpc) is 3.20. The van der Waals surface area contributed by atoms with E-state index in [-0.39, 0.29) is 12.4 Å². The van der Waals surface area contributed by atoms with Gasteiger partial charge in [0.05, 0.1) is 19.2 Å². The number of amides is 1. The summed E-state index contributed by atoms with van der Waals surface area (Å²) in [5, 5.41) is 17.5. The molecule has 0 spiro atoms. The Balaban J connectivity index is 0.00000137. The van der Waals surface area contributed by atoms with Crippen LogP contribution in [0.4, 0.5) is 5.69 Å². The van der Waals surface area contributed by atoms with Crippen LogP contribution < -0.4 is 15.0 Å². The van der Waals surface area contributed by atoms with Gasteiger partial charge >= 0.3 is 0 Å². The fourth-order valence-corrected chi connectivity index (χ4v) is 4.99. The Kier molecular flexibility index (Phi) is 10.9. The fourth-order valence-electron chi connectivity index (χ4n) is 4.78. The number of ether oxygens (including phenoxy) is 1. The number of aromatic nitrogens is 2. The van der Waals surface area contributed by atoms with Crippen molar-refractivity contribution in [3.8, 4) is 5.88 Å². The van der Waals surface area contributed by atoms with E-state index in [1.807, 2.05) is 19.9 Å². The lowest BCUT2D eigenvalue weighted by molar-refractivity contribution is -0.122. The zero-order chi connectivity index (χ0) is 26.1. The monoisotopic (exact) mass is 507 g/mol. The van der Waals surface area contributed by atoms with Crippen LogP contribution in [0.2, 0.25) is 5.02 Å². The first-order chi connectivity index (χ1) is 16.7. The number of carbonyl (C=O) groups is 2. The summed E-state index contributed by atoms with van der Waals surface area (Å²) in [4.78, 5) is 26.2. The Hall–Kier alpha value is -2.78. The van der Waals surface area contributed by atoms with E-state index in [2.05, 4.69) is 46.3 Å². The van der Waals surface area contributed by atoms with Crippen molar-refractivity contribution in [3.05, 3.63) is 39.5 Å². The standard InChI is InChI=1S/C24H36ClN5O2.CH2O2/c1-7-30(19-10-8-18(9-11-19)29(4)5)22-13-17(25)12-20(15(22)2)23(31)26-14-21-16(3)27-28-24(21)32-6;2-1-3/h12-13,18-19H,7-11,14H2,1-6H3,(H,26,31)(H,27,28);1H,(H,2,3)/t18-,19-;. The van der Waals surface area contributed by atoms with Crippen molar-refractivity contribution in [3.63, 3.8) is 0 Å². The first-order valence-electron chi connectivity index (χ1n) is 11.8. The smallest absolute Gasteiger partial charge is 0.290 e. The maximum atomic E-state index is 13.1. The minimum absolute atomic E-state index is 0.152. The Bertz CT molecular complexity index is 986. The van der Waals surface area contributed by atoms with Gasteiger partial charge in [0, 0.05) is 40.6 Å². The highest BCUT2D eigenvalue weighted by Crippen LogP contribution is 2.34.